The average molecular weight is 385 g/mol. The van der Waals surface area contributed by atoms with Gasteiger partial charge in [0, 0.05) is 43.9 Å². The van der Waals surface area contributed by atoms with E-state index in [0.29, 0.717) is 13.2 Å². The number of ether oxygens (including phenoxy) is 1. The van der Waals surface area contributed by atoms with Crippen molar-refractivity contribution in [1.29, 1.82) is 0 Å². The SMILES string of the molecule is CN=C(NCCOc1ccccc1)NCc1ccc(N2CCSCC2)cc1. The Balaban J connectivity index is 1.38. The Bertz CT molecular complexity index is 700. The molecule has 0 spiro atoms. The van der Waals surface area contributed by atoms with E-state index in [4.69, 9.17) is 4.74 Å². The minimum Gasteiger partial charge on any atom is -0.492 e. The molecule has 0 saturated carbocycles. The van der Waals surface area contributed by atoms with Crippen LogP contribution >= 0.6 is 11.8 Å². The number of benzene rings is 2. The van der Waals surface area contributed by atoms with Crippen LogP contribution in [-0.2, 0) is 6.54 Å². The average Bonchev–Trinajstić information content (AvgIpc) is 2.75. The number of para-hydroxylation sites is 1. The molecule has 0 atom stereocenters. The van der Waals surface area contributed by atoms with Gasteiger partial charge in [-0.05, 0) is 29.8 Å². The van der Waals surface area contributed by atoms with Gasteiger partial charge in [-0.15, -0.1) is 0 Å². The molecule has 0 amide bonds. The fourth-order valence-electron chi connectivity index (χ4n) is 2.91. The molecule has 3 rings (SSSR count). The predicted octanol–water partition coefficient (Wildman–Crippen LogP) is 2.98. The van der Waals surface area contributed by atoms with Crippen LogP contribution in [0.25, 0.3) is 0 Å². The number of nitrogens with one attached hydrogen (secondary N) is 2. The van der Waals surface area contributed by atoms with E-state index in [9.17, 15) is 0 Å². The summed E-state index contributed by atoms with van der Waals surface area (Å²) in [5.41, 5.74) is 2.56. The van der Waals surface area contributed by atoms with E-state index in [-0.39, 0.29) is 0 Å². The molecule has 1 heterocycles. The van der Waals surface area contributed by atoms with Crippen molar-refractivity contribution in [2.45, 2.75) is 6.54 Å². The number of guanidine groups is 1. The van der Waals surface area contributed by atoms with Gasteiger partial charge in [0.15, 0.2) is 5.96 Å². The third kappa shape index (κ3) is 6.40. The van der Waals surface area contributed by atoms with Crippen LogP contribution in [-0.4, -0.2) is 50.8 Å². The van der Waals surface area contributed by atoms with Gasteiger partial charge in [0.25, 0.3) is 0 Å². The Labute approximate surface area is 166 Å². The monoisotopic (exact) mass is 384 g/mol. The number of anilines is 1. The summed E-state index contributed by atoms with van der Waals surface area (Å²) in [6.45, 7) is 4.32. The van der Waals surface area contributed by atoms with Crippen LogP contribution in [0.3, 0.4) is 0 Å². The van der Waals surface area contributed by atoms with Crippen molar-refractivity contribution >= 4 is 23.4 Å². The van der Waals surface area contributed by atoms with Gasteiger partial charge in [0.05, 0.1) is 6.54 Å². The molecular weight excluding hydrogens is 356 g/mol. The van der Waals surface area contributed by atoms with Crippen LogP contribution in [0, 0.1) is 0 Å². The van der Waals surface area contributed by atoms with Crippen molar-refractivity contribution < 1.29 is 4.74 Å². The zero-order valence-corrected chi connectivity index (χ0v) is 16.7. The van der Waals surface area contributed by atoms with Gasteiger partial charge in [0.2, 0.25) is 0 Å². The van der Waals surface area contributed by atoms with Gasteiger partial charge in [-0.1, -0.05) is 30.3 Å². The topological polar surface area (TPSA) is 48.9 Å². The number of hydrogen-bond acceptors (Lipinski definition) is 4. The van der Waals surface area contributed by atoms with E-state index in [0.717, 1.165) is 31.3 Å². The van der Waals surface area contributed by atoms with Crippen LogP contribution in [0.5, 0.6) is 5.75 Å². The van der Waals surface area contributed by atoms with Gasteiger partial charge < -0.3 is 20.3 Å². The van der Waals surface area contributed by atoms with Crippen molar-refractivity contribution in [2.75, 3.05) is 49.7 Å². The van der Waals surface area contributed by atoms with Crippen molar-refractivity contribution in [3.05, 3.63) is 60.2 Å². The van der Waals surface area contributed by atoms with Gasteiger partial charge in [0.1, 0.15) is 12.4 Å². The second-order valence-electron chi connectivity index (χ2n) is 6.28. The second kappa shape index (κ2) is 10.7. The first kappa shape index (κ1) is 19.4. The molecule has 0 aliphatic carbocycles. The first-order chi connectivity index (χ1) is 13.3. The van der Waals surface area contributed by atoms with E-state index in [1.54, 1.807) is 7.05 Å². The fraction of sp³-hybridized carbons (Fsp3) is 0.381. The van der Waals surface area contributed by atoms with Crippen LogP contribution < -0.4 is 20.3 Å². The number of thioether (sulfide) groups is 1. The van der Waals surface area contributed by atoms with E-state index < -0.39 is 0 Å². The maximum absolute atomic E-state index is 5.68. The summed E-state index contributed by atoms with van der Waals surface area (Å²) >= 11 is 2.04. The molecule has 1 aliphatic heterocycles. The van der Waals surface area contributed by atoms with Crippen molar-refractivity contribution in [3.8, 4) is 5.75 Å². The van der Waals surface area contributed by atoms with Gasteiger partial charge in [-0.2, -0.15) is 11.8 Å². The molecule has 0 unspecified atom stereocenters. The summed E-state index contributed by atoms with van der Waals surface area (Å²) in [6, 6.07) is 18.7. The second-order valence-corrected chi connectivity index (χ2v) is 7.50. The van der Waals surface area contributed by atoms with Crippen LogP contribution in [0.15, 0.2) is 59.6 Å². The quantitative estimate of drug-likeness (QED) is 0.437. The van der Waals surface area contributed by atoms with Crippen molar-refractivity contribution in [1.82, 2.24) is 10.6 Å². The number of aliphatic imine (C=N–C) groups is 1. The van der Waals surface area contributed by atoms with Crippen molar-refractivity contribution in [3.63, 3.8) is 0 Å². The van der Waals surface area contributed by atoms with Gasteiger partial charge >= 0.3 is 0 Å². The van der Waals surface area contributed by atoms with Crippen LogP contribution in [0.2, 0.25) is 0 Å². The van der Waals surface area contributed by atoms with E-state index in [1.165, 1.54) is 22.8 Å². The molecular formula is C21H28N4OS. The summed E-state index contributed by atoms with van der Waals surface area (Å²) in [6.07, 6.45) is 0. The molecule has 27 heavy (non-hydrogen) atoms. The predicted molar refractivity (Wildman–Crippen MR) is 116 cm³/mol. The lowest BCUT2D eigenvalue weighted by Gasteiger charge is -2.28. The molecule has 0 radical (unpaired) electrons. The van der Waals surface area contributed by atoms with E-state index in [2.05, 4.69) is 44.8 Å². The molecule has 1 aliphatic rings. The third-order valence-corrected chi connectivity index (χ3v) is 5.35. The zero-order valence-electron chi connectivity index (χ0n) is 15.9. The molecule has 2 aromatic rings. The lowest BCUT2D eigenvalue weighted by molar-refractivity contribution is 0.322. The molecule has 5 nitrogen and oxygen atoms in total. The standard InChI is InChI=1S/C21H28N4OS/c1-22-21(23-11-14-26-20-5-3-2-4-6-20)24-17-18-7-9-19(10-8-18)25-12-15-27-16-13-25/h2-10H,11-17H2,1H3,(H2,22,23,24). The summed E-state index contributed by atoms with van der Waals surface area (Å²) in [7, 11) is 1.78. The fourth-order valence-corrected chi connectivity index (χ4v) is 3.81. The Morgan fingerprint density at radius 1 is 1.04 bits per heavy atom. The van der Waals surface area contributed by atoms with E-state index >= 15 is 0 Å². The molecule has 0 aromatic heterocycles. The minimum absolute atomic E-state index is 0.591. The number of hydrogen-bond donors (Lipinski definition) is 2. The molecule has 2 N–H and O–H groups in total. The molecule has 2 aromatic carbocycles. The maximum Gasteiger partial charge on any atom is 0.191 e. The highest BCUT2D eigenvalue weighted by Crippen LogP contribution is 2.19. The summed E-state index contributed by atoms with van der Waals surface area (Å²) in [5.74, 6) is 4.11. The summed E-state index contributed by atoms with van der Waals surface area (Å²) in [4.78, 5) is 6.73. The Kier molecular flexibility index (Phi) is 7.71. The molecule has 1 fully saturated rings. The molecule has 144 valence electrons. The highest BCUT2D eigenvalue weighted by atomic mass is 32.2. The number of nitrogens with zero attached hydrogens (tertiary/aromatic N) is 2. The Hall–Kier alpha value is -2.34. The van der Waals surface area contributed by atoms with Crippen LogP contribution in [0.1, 0.15) is 5.56 Å². The Morgan fingerprint density at radius 2 is 1.78 bits per heavy atom. The lowest BCUT2D eigenvalue weighted by Crippen LogP contribution is -2.38. The number of rotatable bonds is 7. The minimum atomic E-state index is 0.591. The normalized spacial score (nSPS) is 14.7. The molecule has 6 heteroatoms. The zero-order chi connectivity index (χ0) is 18.7. The van der Waals surface area contributed by atoms with Crippen LogP contribution in [0.4, 0.5) is 5.69 Å². The Morgan fingerprint density at radius 3 is 2.48 bits per heavy atom. The molecule has 1 saturated heterocycles. The smallest absolute Gasteiger partial charge is 0.191 e. The van der Waals surface area contributed by atoms with Crippen molar-refractivity contribution in [2.24, 2.45) is 4.99 Å². The first-order valence-corrected chi connectivity index (χ1v) is 10.5. The highest BCUT2D eigenvalue weighted by molar-refractivity contribution is 7.99. The van der Waals surface area contributed by atoms with E-state index in [1.807, 2.05) is 42.1 Å². The largest absolute Gasteiger partial charge is 0.492 e. The van der Waals surface area contributed by atoms with Gasteiger partial charge in [-0.25, -0.2) is 0 Å². The summed E-state index contributed by atoms with van der Waals surface area (Å²) < 4.78 is 5.68. The maximum atomic E-state index is 5.68. The third-order valence-electron chi connectivity index (χ3n) is 4.40. The summed E-state index contributed by atoms with van der Waals surface area (Å²) in [5, 5.41) is 6.63. The highest BCUT2D eigenvalue weighted by Gasteiger charge is 2.10. The molecule has 0 bridgehead atoms. The lowest BCUT2D eigenvalue weighted by atomic mass is 10.2. The first-order valence-electron chi connectivity index (χ1n) is 9.39. The van der Waals surface area contributed by atoms with Gasteiger partial charge in [-0.3, -0.25) is 4.99 Å².